The molecule has 0 unspecified atom stereocenters. The molecular formula is C19H28Cl2Zr. The zero-order chi connectivity index (χ0) is 14.2. The van der Waals surface area contributed by atoms with Crippen molar-refractivity contribution in [3.05, 3.63) is 42.0 Å². The molecule has 0 bridgehead atoms. The molecule has 0 saturated heterocycles. The first-order valence-corrected chi connectivity index (χ1v) is 14.7. The van der Waals surface area contributed by atoms with Gasteiger partial charge in [0, 0.05) is 0 Å². The van der Waals surface area contributed by atoms with Crippen LogP contribution >= 0.6 is 0 Å². The quantitative estimate of drug-likeness (QED) is 0.623. The number of hydrogen-bond acceptors (Lipinski definition) is 0. The first-order valence-electron chi connectivity index (χ1n) is 8.37. The minimum atomic E-state index is -2.39. The van der Waals surface area contributed by atoms with Crippen molar-refractivity contribution in [2.75, 3.05) is 0 Å². The molecule has 0 atom stereocenters. The first kappa shape index (κ1) is 20.5. The molecule has 122 valence electrons. The van der Waals surface area contributed by atoms with Crippen LogP contribution in [-0.4, -0.2) is 0 Å². The summed E-state index contributed by atoms with van der Waals surface area (Å²) >= 11 is -2.39. The molecule has 0 radical (unpaired) electrons. The van der Waals surface area contributed by atoms with E-state index in [0.29, 0.717) is 0 Å². The van der Waals surface area contributed by atoms with Crippen molar-refractivity contribution in [3.63, 3.8) is 0 Å². The minimum Gasteiger partial charge on any atom is -1.00 e. The van der Waals surface area contributed by atoms with Crippen LogP contribution in [0.4, 0.5) is 0 Å². The van der Waals surface area contributed by atoms with E-state index in [0.717, 1.165) is 3.63 Å². The topological polar surface area (TPSA) is 0 Å². The van der Waals surface area contributed by atoms with E-state index in [2.05, 4.69) is 42.8 Å². The molecule has 3 aliphatic rings. The molecule has 22 heavy (non-hydrogen) atoms. The van der Waals surface area contributed by atoms with Gasteiger partial charge >= 0.3 is 129 Å². The molecular weight excluding hydrogens is 390 g/mol. The van der Waals surface area contributed by atoms with E-state index >= 15 is 0 Å². The summed E-state index contributed by atoms with van der Waals surface area (Å²) in [4.78, 5) is 0. The van der Waals surface area contributed by atoms with Gasteiger partial charge in [-0.05, 0) is 0 Å². The summed E-state index contributed by atoms with van der Waals surface area (Å²) in [6, 6.07) is 0. The van der Waals surface area contributed by atoms with E-state index in [1.807, 2.05) is 6.56 Å². The second-order valence-electron chi connectivity index (χ2n) is 7.07. The van der Waals surface area contributed by atoms with Crippen molar-refractivity contribution in [1.29, 1.82) is 0 Å². The van der Waals surface area contributed by atoms with E-state index in [4.69, 9.17) is 0 Å². The number of hydrogen-bond donors (Lipinski definition) is 0. The van der Waals surface area contributed by atoms with Crippen molar-refractivity contribution < 1.29 is 45.1 Å². The van der Waals surface area contributed by atoms with Gasteiger partial charge in [-0.1, -0.05) is 0 Å². The van der Waals surface area contributed by atoms with Gasteiger partial charge in [0.05, 0.1) is 0 Å². The van der Waals surface area contributed by atoms with Gasteiger partial charge in [-0.2, -0.15) is 0 Å². The van der Waals surface area contributed by atoms with Crippen LogP contribution in [0.2, 0.25) is 8.26 Å². The Labute approximate surface area is 153 Å². The Hall–Kier alpha value is 0.423. The molecule has 0 aromatic heterocycles. The van der Waals surface area contributed by atoms with Crippen LogP contribution in [0.15, 0.2) is 42.0 Å². The van der Waals surface area contributed by atoms with E-state index in [9.17, 15) is 0 Å². The Bertz CT molecular complexity index is 484. The summed E-state index contributed by atoms with van der Waals surface area (Å²) in [5.74, 6) is 0. The van der Waals surface area contributed by atoms with Gasteiger partial charge < -0.3 is 24.8 Å². The molecule has 1 saturated carbocycles. The molecule has 3 heteroatoms. The minimum absolute atomic E-state index is 0. The van der Waals surface area contributed by atoms with Gasteiger partial charge in [-0.25, -0.2) is 0 Å². The first-order chi connectivity index (χ1) is 9.64. The summed E-state index contributed by atoms with van der Waals surface area (Å²) in [6.45, 7) is 4.74. The maximum absolute atomic E-state index is 2.77. The van der Waals surface area contributed by atoms with Gasteiger partial charge in [-0.15, -0.1) is 0 Å². The molecule has 0 aromatic rings. The van der Waals surface area contributed by atoms with E-state index < -0.39 is 20.3 Å². The van der Waals surface area contributed by atoms with Crippen LogP contribution in [0.5, 0.6) is 0 Å². The molecule has 0 aliphatic heterocycles. The number of halogens is 2. The molecule has 0 amide bonds. The third-order valence-corrected chi connectivity index (χ3v) is 20.5. The average molecular weight is 419 g/mol. The maximum atomic E-state index is 2.77. The van der Waals surface area contributed by atoms with Crippen molar-refractivity contribution in [1.82, 2.24) is 0 Å². The van der Waals surface area contributed by atoms with Crippen LogP contribution < -0.4 is 24.8 Å². The fraction of sp³-hybridized carbons (Fsp3) is 0.579. The van der Waals surface area contributed by atoms with E-state index in [1.165, 1.54) is 44.9 Å². The second-order valence-corrected chi connectivity index (χ2v) is 18.0. The van der Waals surface area contributed by atoms with Crippen molar-refractivity contribution in [2.45, 2.75) is 67.1 Å². The molecule has 0 N–H and O–H groups in total. The van der Waals surface area contributed by atoms with Crippen LogP contribution in [0, 0.1) is 0 Å². The van der Waals surface area contributed by atoms with Crippen LogP contribution in [-0.2, 0) is 20.3 Å². The Balaban J connectivity index is 0.00000121. The van der Waals surface area contributed by atoms with Gasteiger partial charge in [0.1, 0.15) is 0 Å². The Morgan fingerprint density at radius 1 is 0.818 bits per heavy atom. The smallest absolute Gasteiger partial charge is 1.00 e. The van der Waals surface area contributed by atoms with Gasteiger partial charge in [0.2, 0.25) is 0 Å². The van der Waals surface area contributed by atoms with Crippen LogP contribution in [0.1, 0.15) is 58.8 Å². The van der Waals surface area contributed by atoms with Crippen molar-refractivity contribution in [3.8, 4) is 0 Å². The molecule has 0 nitrogen and oxygen atoms in total. The van der Waals surface area contributed by atoms with Crippen molar-refractivity contribution >= 4 is 0 Å². The fourth-order valence-corrected chi connectivity index (χ4v) is 19.1. The predicted octanol–water partition coefficient (Wildman–Crippen LogP) is 0.417. The molecule has 3 rings (SSSR count). The zero-order valence-corrected chi connectivity index (χ0v) is 18.1. The summed E-state index contributed by atoms with van der Waals surface area (Å²) in [5.41, 5.74) is 3.25. The normalized spacial score (nSPS) is 21.4. The largest absolute Gasteiger partial charge is 1.00 e. The summed E-state index contributed by atoms with van der Waals surface area (Å²) in [6.07, 6.45) is 19.6. The SMILES string of the molecule is CC1=[C]([Zr+2]([CH3])([C]2=C(C)C=CC2)[CH]2CCCCC2)CC=C1.[Cl-].[Cl-]. The Morgan fingerprint density at radius 3 is 1.64 bits per heavy atom. The van der Waals surface area contributed by atoms with Crippen LogP contribution in [0.25, 0.3) is 0 Å². The summed E-state index contributed by atoms with van der Waals surface area (Å²) < 4.78 is 7.67. The Kier molecular flexibility index (Phi) is 7.91. The molecule has 3 aliphatic carbocycles. The van der Waals surface area contributed by atoms with Crippen molar-refractivity contribution in [2.24, 2.45) is 0 Å². The molecule has 1 fully saturated rings. The predicted molar refractivity (Wildman–Crippen MR) is 85.6 cm³/mol. The fourth-order valence-electron chi connectivity index (χ4n) is 4.83. The van der Waals surface area contributed by atoms with Gasteiger partial charge in [-0.3, -0.25) is 0 Å². The van der Waals surface area contributed by atoms with Gasteiger partial charge in [0.15, 0.2) is 0 Å². The van der Waals surface area contributed by atoms with Gasteiger partial charge in [0.25, 0.3) is 0 Å². The third kappa shape index (κ3) is 3.58. The molecule has 0 heterocycles. The molecule has 0 spiro atoms. The monoisotopic (exact) mass is 416 g/mol. The number of rotatable bonds is 3. The van der Waals surface area contributed by atoms with E-state index in [-0.39, 0.29) is 24.8 Å². The number of allylic oxidation sites excluding steroid dienone is 8. The van der Waals surface area contributed by atoms with Crippen LogP contribution in [0.3, 0.4) is 0 Å². The average Bonchev–Trinajstić information content (AvgIpc) is 3.08. The standard InChI is InChI=1S/2C6H7.C6H11.CH3.2ClH.Zr/c2*1-6-4-2-3-5-6;1-2-4-6-5-3-1;;;;/h2*2,4H,3H2,1H3;1H,2-6H2;1H3;2*1H;/q;;;;;;+2/p-2. The summed E-state index contributed by atoms with van der Waals surface area (Å²) in [7, 11) is 0. The maximum Gasteiger partial charge on any atom is -1.00 e. The zero-order valence-electron chi connectivity index (χ0n) is 14.1. The summed E-state index contributed by atoms with van der Waals surface area (Å²) in [5, 5.41) is 0. The Morgan fingerprint density at radius 2 is 1.27 bits per heavy atom. The third-order valence-electron chi connectivity index (χ3n) is 6.01. The second kappa shape index (κ2) is 8.50. The molecule has 0 aromatic carbocycles. The van der Waals surface area contributed by atoms with E-state index in [1.54, 1.807) is 11.1 Å².